The van der Waals surface area contributed by atoms with Crippen molar-refractivity contribution in [2.75, 3.05) is 0 Å². The third-order valence-electron chi connectivity index (χ3n) is 2.26. The molecule has 1 aromatic rings. The van der Waals surface area contributed by atoms with Gasteiger partial charge in [-0.15, -0.1) is 11.3 Å². The Kier molecular flexibility index (Phi) is 2.82. The number of hydrogen-bond donors (Lipinski definition) is 2. The van der Waals surface area contributed by atoms with Crippen LogP contribution in [0.15, 0.2) is 17.3 Å². The fourth-order valence-electron chi connectivity index (χ4n) is 1.31. The van der Waals surface area contributed by atoms with E-state index in [1.165, 1.54) is 12.1 Å². The van der Waals surface area contributed by atoms with Crippen LogP contribution in [0, 0.1) is 0 Å². The molecule has 1 aliphatic heterocycles. The van der Waals surface area contributed by atoms with E-state index in [-0.39, 0.29) is 15.5 Å². The van der Waals surface area contributed by atoms with Crippen molar-refractivity contribution in [3.63, 3.8) is 0 Å². The largest absolute Gasteiger partial charge is 0.477 e. The maximum absolute atomic E-state index is 12.4. The second-order valence-electron chi connectivity index (χ2n) is 3.56. The van der Waals surface area contributed by atoms with Gasteiger partial charge in [0.2, 0.25) is 0 Å². The fourth-order valence-corrected chi connectivity index (χ4v) is 2.14. The Labute approximate surface area is 102 Å². The summed E-state index contributed by atoms with van der Waals surface area (Å²) in [4.78, 5) is 14.8. The highest BCUT2D eigenvalue weighted by atomic mass is 32.1. The molecule has 0 saturated heterocycles. The SMILES string of the molecule is O=C(O)c1ccc(C2=NOC(O)(C(F)(F)F)C2)s1. The summed E-state index contributed by atoms with van der Waals surface area (Å²) in [6.07, 6.45) is -5.83. The molecule has 0 aliphatic carbocycles. The monoisotopic (exact) mass is 281 g/mol. The molecule has 2 rings (SSSR count). The van der Waals surface area contributed by atoms with Crippen molar-refractivity contribution in [2.24, 2.45) is 5.16 Å². The Morgan fingerprint density at radius 2 is 2.17 bits per heavy atom. The molecule has 18 heavy (non-hydrogen) atoms. The van der Waals surface area contributed by atoms with Crippen LogP contribution in [-0.4, -0.2) is 33.9 Å². The number of oxime groups is 1. The average Bonchev–Trinajstić information content (AvgIpc) is 2.82. The molecule has 0 aromatic carbocycles. The predicted octanol–water partition coefficient (Wildman–Crippen LogP) is 1.82. The number of carboxylic acid groups (broad SMARTS) is 1. The lowest BCUT2D eigenvalue weighted by molar-refractivity contribution is -0.355. The van der Waals surface area contributed by atoms with Gasteiger partial charge >= 0.3 is 17.9 Å². The van der Waals surface area contributed by atoms with Crippen molar-refractivity contribution in [3.8, 4) is 0 Å². The van der Waals surface area contributed by atoms with Crippen LogP contribution in [0.4, 0.5) is 13.2 Å². The zero-order valence-corrected chi connectivity index (χ0v) is 9.38. The average molecular weight is 281 g/mol. The zero-order chi connectivity index (χ0) is 13.6. The number of aliphatic hydroxyl groups is 1. The summed E-state index contributed by atoms with van der Waals surface area (Å²) in [6, 6.07) is 2.56. The number of thiophene rings is 1. The maximum Gasteiger partial charge on any atom is 0.458 e. The van der Waals surface area contributed by atoms with E-state index in [2.05, 4.69) is 9.99 Å². The second-order valence-corrected chi connectivity index (χ2v) is 4.64. The number of nitrogens with zero attached hydrogens (tertiary/aromatic N) is 1. The van der Waals surface area contributed by atoms with Crippen LogP contribution in [0.5, 0.6) is 0 Å². The molecule has 2 N–H and O–H groups in total. The number of alkyl halides is 3. The van der Waals surface area contributed by atoms with Crippen LogP contribution in [0.25, 0.3) is 0 Å². The van der Waals surface area contributed by atoms with Gasteiger partial charge < -0.3 is 15.1 Å². The summed E-state index contributed by atoms with van der Waals surface area (Å²) in [7, 11) is 0. The van der Waals surface area contributed by atoms with Gasteiger partial charge in [0.05, 0.1) is 11.3 Å². The lowest BCUT2D eigenvalue weighted by atomic mass is 10.1. The standard InChI is InChI=1S/C9H6F3NO4S/c10-9(11,12)8(16)3-4(13-17-8)5-1-2-6(18-5)7(14)15/h1-2,16H,3H2,(H,14,15). The van der Waals surface area contributed by atoms with Crippen molar-refractivity contribution in [3.05, 3.63) is 21.9 Å². The van der Waals surface area contributed by atoms with Crippen LogP contribution in [0.3, 0.4) is 0 Å². The normalized spacial score (nSPS) is 23.7. The zero-order valence-electron chi connectivity index (χ0n) is 8.56. The Morgan fingerprint density at radius 1 is 1.50 bits per heavy atom. The van der Waals surface area contributed by atoms with Gasteiger partial charge in [0.25, 0.3) is 0 Å². The van der Waals surface area contributed by atoms with Crippen molar-refractivity contribution < 1.29 is 33.0 Å². The second kappa shape index (κ2) is 3.95. The van der Waals surface area contributed by atoms with Crippen LogP contribution in [0.2, 0.25) is 0 Å². The number of carboxylic acids is 1. The molecule has 1 unspecified atom stereocenters. The molecule has 5 nitrogen and oxygen atoms in total. The van der Waals surface area contributed by atoms with E-state index in [1.54, 1.807) is 0 Å². The Hall–Kier alpha value is -1.61. The number of carbonyl (C=O) groups is 1. The van der Waals surface area contributed by atoms with E-state index >= 15 is 0 Å². The van der Waals surface area contributed by atoms with Crippen LogP contribution in [0.1, 0.15) is 21.0 Å². The van der Waals surface area contributed by atoms with Crippen LogP contribution < -0.4 is 0 Å². The summed E-state index contributed by atoms with van der Waals surface area (Å²) in [5.74, 6) is -4.52. The van der Waals surface area contributed by atoms with Crippen molar-refractivity contribution in [1.29, 1.82) is 0 Å². The third kappa shape index (κ3) is 2.06. The number of hydrogen-bond acceptors (Lipinski definition) is 5. The van der Waals surface area contributed by atoms with Crippen LogP contribution in [-0.2, 0) is 4.84 Å². The van der Waals surface area contributed by atoms with Crippen molar-refractivity contribution in [2.45, 2.75) is 18.4 Å². The van der Waals surface area contributed by atoms with Gasteiger partial charge in [-0.25, -0.2) is 4.79 Å². The molecule has 2 heterocycles. The van der Waals surface area contributed by atoms with Crippen LogP contribution >= 0.6 is 11.3 Å². The van der Waals surface area contributed by atoms with Gasteiger partial charge in [-0.3, -0.25) is 0 Å². The van der Waals surface area contributed by atoms with Crippen molar-refractivity contribution >= 4 is 23.0 Å². The van der Waals surface area contributed by atoms with Gasteiger partial charge in [0.15, 0.2) is 0 Å². The summed E-state index contributed by atoms with van der Waals surface area (Å²) in [6.45, 7) is 0. The highest BCUT2D eigenvalue weighted by molar-refractivity contribution is 7.16. The quantitative estimate of drug-likeness (QED) is 0.866. The van der Waals surface area contributed by atoms with E-state index in [1.807, 2.05) is 0 Å². The first kappa shape index (κ1) is 12.8. The van der Waals surface area contributed by atoms with E-state index in [9.17, 15) is 23.1 Å². The van der Waals surface area contributed by atoms with E-state index in [0.29, 0.717) is 0 Å². The Morgan fingerprint density at radius 3 is 2.61 bits per heavy atom. The topological polar surface area (TPSA) is 79.1 Å². The predicted molar refractivity (Wildman–Crippen MR) is 54.5 cm³/mol. The molecule has 1 aromatic heterocycles. The first-order chi connectivity index (χ1) is 8.23. The summed E-state index contributed by atoms with van der Waals surface area (Å²) >= 11 is 0.761. The van der Waals surface area contributed by atoms with Crippen molar-refractivity contribution in [1.82, 2.24) is 0 Å². The summed E-state index contributed by atoms with van der Waals surface area (Å²) < 4.78 is 37.3. The molecule has 0 amide bonds. The molecule has 0 bridgehead atoms. The molecule has 9 heteroatoms. The molecular weight excluding hydrogens is 275 g/mol. The van der Waals surface area contributed by atoms with Gasteiger partial charge in [0.1, 0.15) is 10.6 Å². The maximum atomic E-state index is 12.4. The number of rotatable bonds is 2. The lowest BCUT2D eigenvalue weighted by Gasteiger charge is -2.22. The minimum atomic E-state index is -4.97. The van der Waals surface area contributed by atoms with Gasteiger partial charge in [-0.2, -0.15) is 13.2 Å². The first-order valence-electron chi connectivity index (χ1n) is 4.60. The highest BCUT2D eigenvalue weighted by Gasteiger charge is 2.60. The van der Waals surface area contributed by atoms with E-state index in [0.717, 1.165) is 11.3 Å². The number of aromatic carboxylic acids is 1. The minimum absolute atomic E-state index is 0.0323. The van der Waals surface area contributed by atoms with E-state index in [4.69, 9.17) is 5.11 Å². The molecule has 0 saturated carbocycles. The lowest BCUT2D eigenvalue weighted by Crippen LogP contribution is -2.45. The minimum Gasteiger partial charge on any atom is -0.477 e. The summed E-state index contributed by atoms with van der Waals surface area (Å²) in [5, 5.41) is 21.0. The molecule has 1 atom stereocenters. The summed E-state index contributed by atoms with van der Waals surface area (Å²) in [5.41, 5.74) is -0.132. The molecule has 98 valence electrons. The van der Waals surface area contributed by atoms with Gasteiger partial charge in [0, 0.05) is 0 Å². The highest BCUT2D eigenvalue weighted by Crippen LogP contribution is 2.39. The van der Waals surface area contributed by atoms with E-state index < -0.39 is 24.4 Å². The van der Waals surface area contributed by atoms with Gasteiger partial charge in [-0.1, -0.05) is 5.16 Å². The Bertz CT molecular complexity index is 524. The molecule has 1 aliphatic rings. The molecular formula is C9H6F3NO4S. The fraction of sp³-hybridized carbons (Fsp3) is 0.333. The van der Waals surface area contributed by atoms with Gasteiger partial charge in [-0.05, 0) is 12.1 Å². The smallest absolute Gasteiger partial charge is 0.458 e. The molecule has 0 spiro atoms. The molecule has 0 fully saturated rings. The third-order valence-corrected chi connectivity index (χ3v) is 3.38. The number of halogens is 3. The Balaban J connectivity index is 2.20. The molecule has 0 radical (unpaired) electrons. The first-order valence-corrected chi connectivity index (χ1v) is 5.42.